The standard InChI is InChI=1S/C49H44BrNO10/c1-30(2)39-28-51-44(38(39)27-36-24-25-37(50)26-31(36)3)61-49-43(60-48(55)35-22-14-7-15-23-35)42(59-47(54)34-20-12-6-13-21-34)41(58-46(53)33-18-10-5-11-19-33)40(57-49)29-56-45(52)32-16-8-4-9-17-32/h4-26,30,40-43,49H,27-29H2,1-3H3/t40-,41-,42+,43-,49+/m1/s1. The quantitative estimate of drug-likeness (QED) is 0.0833. The van der Waals surface area contributed by atoms with Crippen LogP contribution < -0.4 is 0 Å². The fourth-order valence-corrected chi connectivity index (χ4v) is 7.57. The van der Waals surface area contributed by atoms with Gasteiger partial charge in [0.05, 0.1) is 28.8 Å². The number of nitrogens with zero attached hydrogens (tertiary/aromatic N) is 1. The van der Waals surface area contributed by atoms with Crippen LogP contribution in [-0.2, 0) is 34.8 Å². The van der Waals surface area contributed by atoms with E-state index in [-0.39, 0.29) is 34.1 Å². The van der Waals surface area contributed by atoms with E-state index in [1.807, 2.05) is 25.1 Å². The SMILES string of the molecule is Cc1cc(Br)ccc1CC1=C(C(C)C)CN=C1O[C@@H]1O[C@H](COC(=O)c2ccccc2)[C@@H](OC(=O)c2ccccc2)[C@H](OC(=O)c2ccccc2)[C@H]1OC(=O)c1ccccc1. The van der Waals surface area contributed by atoms with Crippen molar-refractivity contribution in [3.05, 3.63) is 189 Å². The summed E-state index contributed by atoms with van der Waals surface area (Å²) in [4.78, 5) is 60.2. The van der Waals surface area contributed by atoms with Crippen molar-refractivity contribution >= 4 is 45.7 Å². The second-order valence-corrected chi connectivity index (χ2v) is 15.8. The van der Waals surface area contributed by atoms with Gasteiger partial charge in [-0.15, -0.1) is 0 Å². The van der Waals surface area contributed by atoms with Crippen molar-refractivity contribution in [3.63, 3.8) is 0 Å². The molecule has 7 rings (SSSR count). The number of carbonyl (C=O) groups is 4. The molecule has 0 aliphatic carbocycles. The topological polar surface area (TPSA) is 136 Å². The number of ether oxygens (including phenoxy) is 6. The lowest BCUT2D eigenvalue weighted by Crippen LogP contribution is -2.63. The monoisotopic (exact) mass is 885 g/mol. The first-order valence-electron chi connectivity index (χ1n) is 19.9. The highest BCUT2D eigenvalue weighted by Gasteiger charge is 2.55. The van der Waals surface area contributed by atoms with E-state index in [0.29, 0.717) is 13.0 Å². The fraction of sp³-hybridized carbons (Fsp3) is 0.245. The van der Waals surface area contributed by atoms with Crippen molar-refractivity contribution < 1.29 is 47.6 Å². The Morgan fingerprint density at radius 3 is 1.62 bits per heavy atom. The summed E-state index contributed by atoms with van der Waals surface area (Å²) in [7, 11) is 0. The number of halogens is 1. The van der Waals surface area contributed by atoms with Gasteiger partial charge in [-0.3, -0.25) is 0 Å². The number of hydrogen-bond donors (Lipinski definition) is 0. The number of rotatable bonds is 13. The van der Waals surface area contributed by atoms with Crippen molar-refractivity contribution in [3.8, 4) is 0 Å². The van der Waals surface area contributed by atoms with Crippen LogP contribution in [-0.4, -0.2) is 73.6 Å². The van der Waals surface area contributed by atoms with Gasteiger partial charge in [0.2, 0.25) is 18.3 Å². The van der Waals surface area contributed by atoms with Crippen LogP contribution in [0.1, 0.15) is 66.4 Å². The molecule has 0 saturated carbocycles. The van der Waals surface area contributed by atoms with Crippen LogP contribution in [0.5, 0.6) is 0 Å². The van der Waals surface area contributed by atoms with Crippen LogP contribution in [0.25, 0.3) is 0 Å². The van der Waals surface area contributed by atoms with Crippen molar-refractivity contribution in [2.75, 3.05) is 13.2 Å². The van der Waals surface area contributed by atoms with Gasteiger partial charge in [0, 0.05) is 16.5 Å². The zero-order valence-electron chi connectivity index (χ0n) is 33.8. The van der Waals surface area contributed by atoms with Crippen molar-refractivity contribution in [1.29, 1.82) is 0 Å². The Morgan fingerprint density at radius 2 is 1.13 bits per heavy atom. The summed E-state index contributed by atoms with van der Waals surface area (Å²) in [6, 6.07) is 39.1. The van der Waals surface area contributed by atoms with Crippen molar-refractivity contribution in [1.82, 2.24) is 0 Å². The van der Waals surface area contributed by atoms with E-state index in [0.717, 1.165) is 26.7 Å². The van der Waals surface area contributed by atoms with Gasteiger partial charge >= 0.3 is 23.9 Å². The number of benzene rings is 5. The lowest BCUT2D eigenvalue weighted by Gasteiger charge is -2.44. The predicted octanol–water partition coefficient (Wildman–Crippen LogP) is 8.94. The van der Waals surface area contributed by atoms with Gasteiger partial charge in [-0.05, 0) is 90.2 Å². The van der Waals surface area contributed by atoms with E-state index < -0.39 is 61.2 Å². The number of hydrogen-bond acceptors (Lipinski definition) is 11. The molecule has 0 unspecified atom stereocenters. The zero-order valence-corrected chi connectivity index (χ0v) is 35.4. The first-order valence-corrected chi connectivity index (χ1v) is 20.7. The van der Waals surface area contributed by atoms with Gasteiger partial charge in [0.25, 0.3) is 0 Å². The Morgan fingerprint density at radius 1 is 0.656 bits per heavy atom. The smallest absolute Gasteiger partial charge is 0.338 e. The Hall–Kier alpha value is -6.37. The molecule has 5 atom stereocenters. The van der Waals surface area contributed by atoms with Gasteiger partial charge in [0.15, 0.2) is 12.2 Å². The molecular weight excluding hydrogens is 842 g/mol. The van der Waals surface area contributed by atoms with Gasteiger partial charge in [0.1, 0.15) is 12.7 Å². The summed E-state index contributed by atoms with van der Waals surface area (Å²) in [5.74, 6) is -2.73. The maximum atomic E-state index is 14.0. The maximum absolute atomic E-state index is 14.0. The second-order valence-electron chi connectivity index (χ2n) is 14.9. The molecule has 1 saturated heterocycles. The lowest BCUT2D eigenvalue weighted by atomic mass is 9.93. The Balaban J connectivity index is 1.32. The molecule has 5 aromatic carbocycles. The minimum Gasteiger partial charge on any atom is -0.459 e. The van der Waals surface area contributed by atoms with E-state index >= 15 is 0 Å². The summed E-state index contributed by atoms with van der Waals surface area (Å²) in [5.41, 5.74) is 4.78. The fourth-order valence-electron chi connectivity index (χ4n) is 7.09. The molecule has 0 spiro atoms. The largest absolute Gasteiger partial charge is 0.459 e. The molecule has 0 amide bonds. The highest BCUT2D eigenvalue weighted by atomic mass is 79.9. The van der Waals surface area contributed by atoms with Gasteiger partial charge in [-0.1, -0.05) is 109 Å². The van der Waals surface area contributed by atoms with Crippen LogP contribution in [0.3, 0.4) is 0 Å². The summed E-state index contributed by atoms with van der Waals surface area (Å²) in [6.45, 7) is 6.04. The average Bonchev–Trinajstić information content (AvgIpc) is 3.68. The molecule has 0 radical (unpaired) electrons. The molecule has 0 aromatic heterocycles. The summed E-state index contributed by atoms with van der Waals surface area (Å²) in [6.07, 6.45) is -7.02. The molecule has 61 heavy (non-hydrogen) atoms. The molecule has 5 aromatic rings. The molecule has 2 aliphatic rings. The zero-order chi connectivity index (χ0) is 42.9. The highest BCUT2D eigenvalue weighted by Crippen LogP contribution is 2.35. The normalized spacial score (nSPS) is 19.8. The van der Waals surface area contributed by atoms with E-state index in [4.69, 9.17) is 33.4 Å². The van der Waals surface area contributed by atoms with Gasteiger partial charge in [-0.2, -0.15) is 0 Å². The molecule has 12 heteroatoms. The predicted molar refractivity (Wildman–Crippen MR) is 230 cm³/mol. The first-order chi connectivity index (χ1) is 29.5. The molecule has 0 N–H and O–H groups in total. The molecule has 1 fully saturated rings. The van der Waals surface area contributed by atoms with Gasteiger partial charge < -0.3 is 28.4 Å². The third-order valence-electron chi connectivity index (χ3n) is 10.4. The van der Waals surface area contributed by atoms with Crippen LogP contribution >= 0.6 is 15.9 Å². The van der Waals surface area contributed by atoms with Crippen LogP contribution in [0.4, 0.5) is 0 Å². The second kappa shape index (κ2) is 19.8. The van der Waals surface area contributed by atoms with Crippen LogP contribution in [0, 0.1) is 12.8 Å². The molecule has 2 aliphatic heterocycles. The van der Waals surface area contributed by atoms with Crippen molar-refractivity contribution in [2.24, 2.45) is 10.9 Å². The van der Waals surface area contributed by atoms with E-state index in [1.165, 1.54) is 0 Å². The number of carbonyl (C=O) groups excluding carboxylic acids is 4. The number of esters is 4. The third kappa shape index (κ3) is 10.5. The van der Waals surface area contributed by atoms with E-state index in [9.17, 15) is 19.2 Å². The lowest BCUT2D eigenvalue weighted by molar-refractivity contribution is -0.278. The molecule has 0 bridgehead atoms. The minimum absolute atomic E-state index is 0.0982. The highest BCUT2D eigenvalue weighted by molar-refractivity contribution is 9.10. The summed E-state index contributed by atoms with van der Waals surface area (Å²) < 4.78 is 38.7. The third-order valence-corrected chi connectivity index (χ3v) is 10.9. The van der Waals surface area contributed by atoms with Crippen LogP contribution in [0.15, 0.2) is 160 Å². The Labute approximate surface area is 362 Å². The average molecular weight is 887 g/mol. The Bertz CT molecular complexity index is 2400. The first kappa shape index (κ1) is 42.7. The molecule has 312 valence electrons. The molecule has 11 nitrogen and oxygen atoms in total. The van der Waals surface area contributed by atoms with E-state index in [2.05, 4.69) is 29.8 Å². The summed E-state index contributed by atoms with van der Waals surface area (Å²) in [5, 5.41) is 0. The van der Waals surface area contributed by atoms with Crippen molar-refractivity contribution in [2.45, 2.75) is 57.9 Å². The van der Waals surface area contributed by atoms with Crippen LogP contribution in [0.2, 0.25) is 0 Å². The summed E-state index contributed by atoms with van der Waals surface area (Å²) >= 11 is 3.56. The maximum Gasteiger partial charge on any atom is 0.338 e. The number of aliphatic imine (C=N–C) groups is 1. The number of aryl methyl sites for hydroxylation is 1. The molecule has 2 heterocycles. The molecular formula is C49H44BrNO10. The van der Waals surface area contributed by atoms with Gasteiger partial charge in [-0.25, -0.2) is 24.2 Å². The van der Waals surface area contributed by atoms with E-state index in [1.54, 1.807) is 121 Å². The Kier molecular flexibility index (Phi) is 13.9. The minimum atomic E-state index is -1.57.